The van der Waals surface area contributed by atoms with Crippen molar-refractivity contribution in [3.05, 3.63) is 182 Å². The van der Waals surface area contributed by atoms with Crippen LogP contribution in [0.15, 0.2) is 171 Å². The van der Waals surface area contributed by atoms with Crippen molar-refractivity contribution in [2.75, 3.05) is 0 Å². The lowest BCUT2D eigenvalue weighted by Gasteiger charge is -2.17. The maximum atomic E-state index is 4.16. The van der Waals surface area contributed by atoms with Gasteiger partial charge in [0.05, 0.1) is 0 Å². The molecule has 0 spiro atoms. The highest BCUT2D eigenvalue weighted by Gasteiger charge is 2.16. The number of benzene rings is 9. The lowest BCUT2D eigenvalue weighted by Crippen LogP contribution is -1.91. The van der Waals surface area contributed by atoms with Gasteiger partial charge in [0.15, 0.2) is 0 Å². The second-order valence-electron chi connectivity index (χ2n) is 12.6. The molecule has 0 radical (unpaired) electrons. The summed E-state index contributed by atoms with van der Waals surface area (Å²) >= 11 is 0. The summed E-state index contributed by atoms with van der Waals surface area (Å²) in [7, 11) is 0. The summed E-state index contributed by atoms with van der Waals surface area (Å²) < 4.78 is 0. The van der Waals surface area contributed by atoms with Crippen molar-refractivity contribution >= 4 is 66.0 Å². The first-order valence-electron chi connectivity index (χ1n) is 16.5. The third-order valence-electron chi connectivity index (χ3n) is 9.95. The average molecular weight is 609 g/mol. The van der Waals surface area contributed by atoms with Crippen LogP contribution >= 0.6 is 0 Å². The zero-order valence-electron chi connectivity index (χ0n) is 26.6. The molecule has 0 aliphatic carbocycles. The second-order valence-corrected chi connectivity index (χ2v) is 12.6. The third-order valence-corrected chi connectivity index (χ3v) is 9.95. The van der Waals surface area contributed by atoms with Crippen molar-refractivity contribution in [2.24, 2.45) is 0 Å². The monoisotopic (exact) mass is 608 g/mol. The molecule has 224 valence electrons. The fourth-order valence-corrected chi connectivity index (χ4v) is 7.73. The van der Waals surface area contributed by atoms with E-state index in [9.17, 15) is 0 Å². The van der Waals surface area contributed by atoms with Crippen molar-refractivity contribution in [3.8, 4) is 33.4 Å². The minimum atomic E-state index is 1.10. The van der Waals surface area contributed by atoms with Crippen LogP contribution in [0.3, 0.4) is 0 Å². The molecule has 0 unspecified atom stereocenters. The van der Waals surface area contributed by atoms with E-state index in [1.807, 2.05) is 12.2 Å². The Bertz CT molecular complexity index is 2760. The van der Waals surface area contributed by atoms with Crippen LogP contribution in [0.1, 0.15) is 11.1 Å². The Morgan fingerprint density at radius 1 is 0.312 bits per heavy atom. The summed E-state index contributed by atoms with van der Waals surface area (Å²) in [5.74, 6) is 0. The number of hydrogen-bond acceptors (Lipinski definition) is 0. The van der Waals surface area contributed by atoms with Crippen molar-refractivity contribution in [2.45, 2.75) is 0 Å². The smallest absolute Gasteiger partial charge is 0.00264 e. The van der Waals surface area contributed by atoms with Gasteiger partial charge in [0.2, 0.25) is 0 Å². The Kier molecular flexibility index (Phi) is 6.55. The van der Waals surface area contributed by atoms with Crippen LogP contribution in [0, 0.1) is 0 Å². The van der Waals surface area contributed by atoms with E-state index >= 15 is 0 Å². The third kappa shape index (κ3) is 4.38. The molecule has 9 aromatic rings. The first-order valence-corrected chi connectivity index (χ1v) is 16.5. The van der Waals surface area contributed by atoms with Crippen LogP contribution in [-0.4, -0.2) is 0 Å². The molecule has 0 heterocycles. The van der Waals surface area contributed by atoms with Crippen LogP contribution in [0.5, 0.6) is 0 Å². The Morgan fingerprint density at radius 2 is 0.812 bits per heavy atom. The quantitative estimate of drug-likeness (QED) is 0.135. The van der Waals surface area contributed by atoms with Gasteiger partial charge in [0.1, 0.15) is 0 Å². The van der Waals surface area contributed by atoms with E-state index in [4.69, 9.17) is 0 Å². The van der Waals surface area contributed by atoms with Gasteiger partial charge in [-0.2, -0.15) is 0 Å². The number of fused-ring (bicyclic) bond motifs is 6. The van der Waals surface area contributed by atoms with Crippen LogP contribution in [0.25, 0.3) is 99.4 Å². The van der Waals surface area contributed by atoms with Gasteiger partial charge in [-0.3, -0.25) is 0 Å². The standard InChI is InChI=1S/C48H32/c1-3-31-23-25-43-45(39(31)4-2)29-35-14-6-9-21-41(35)47(43)37-18-11-16-33(27-37)34-17-12-19-38(28-34)48-42-22-10-7-15-36(42)30-46-40-20-8-5-13-32(40)24-26-44(46)48/h3-30H,1-2H2. The Hall–Kier alpha value is -6.24. The van der Waals surface area contributed by atoms with Gasteiger partial charge in [0, 0.05) is 0 Å². The number of rotatable bonds is 5. The van der Waals surface area contributed by atoms with Crippen LogP contribution in [0.2, 0.25) is 0 Å². The molecule has 0 aliphatic rings. The molecule has 0 amide bonds. The zero-order chi connectivity index (χ0) is 32.2. The summed E-state index contributed by atoms with van der Waals surface area (Å²) in [4.78, 5) is 0. The van der Waals surface area contributed by atoms with Crippen molar-refractivity contribution in [1.82, 2.24) is 0 Å². The first kappa shape index (κ1) is 28.0. The highest BCUT2D eigenvalue weighted by Crippen LogP contribution is 2.42. The molecule has 0 saturated heterocycles. The molecule has 0 nitrogen and oxygen atoms in total. The van der Waals surface area contributed by atoms with Gasteiger partial charge < -0.3 is 0 Å². The Morgan fingerprint density at radius 3 is 1.42 bits per heavy atom. The SMILES string of the molecule is C=Cc1ccc2c(-c3cccc(-c4cccc(-c5c6ccccc6cc6c5ccc5ccccc56)c4)c3)c3ccccc3cc2c1C=C. The maximum absolute atomic E-state index is 4.16. The molecule has 0 atom stereocenters. The van der Waals surface area contributed by atoms with E-state index < -0.39 is 0 Å². The molecule has 0 aliphatic heterocycles. The molecular weight excluding hydrogens is 577 g/mol. The Labute approximate surface area is 280 Å². The molecule has 0 fully saturated rings. The molecular formula is C48H32. The Balaban J connectivity index is 1.26. The fraction of sp³-hybridized carbons (Fsp3) is 0. The lowest BCUT2D eigenvalue weighted by molar-refractivity contribution is 1.60. The van der Waals surface area contributed by atoms with Crippen molar-refractivity contribution < 1.29 is 0 Å². The predicted octanol–water partition coefficient (Wildman–Crippen LogP) is 13.7. The predicted molar refractivity (Wildman–Crippen MR) is 210 cm³/mol. The topological polar surface area (TPSA) is 0 Å². The van der Waals surface area contributed by atoms with E-state index in [1.165, 1.54) is 87.2 Å². The summed E-state index contributed by atoms with van der Waals surface area (Å²) in [6, 6.07) is 57.9. The van der Waals surface area contributed by atoms with Crippen LogP contribution < -0.4 is 0 Å². The highest BCUT2D eigenvalue weighted by molar-refractivity contribution is 6.20. The molecule has 48 heavy (non-hydrogen) atoms. The number of hydrogen-bond donors (Lipinski definition) is 0. The normalized spacial score (nSPS) is 11.5. The molecule has 9 aromatic carbocycles. The largest absolute Gasteiger partial charge is 0.0984 e. The highest BCUT2D eigenvalue weighted by atomic mass is 14.2. The summed E-state index contributed by atoms with van der Waals surface area (Å²) in [5.41, 5.74) is 9.54. The first-order chi connectivity index (χ1) is 23.7. The van der Waals surface area contributed by atoms with Gasteiger partial charge >= 0.3 is 0 Å². The van der Waals surface area contributed by atoms with Gasteiger partial charge in [-0.15, -0.1) is 0 Å². The summed E-state index contributed by atoms with van der Waals surface area (Å²) in [6.45, 7) is 8.23. The fourth-order valence-electron chi connectivity index (χ4n) is 7.73. The molecule has 9 rings (SSSR count). The minimum Gasteiger partial charge on any atom is -0.0984 e. The molecule has 0 bridgehead atoms. The molecule has 0 saturated carbocycles. The molecule has 0 aromatic heterocycles. The van der Waals surface area contributed by atoms with Crippen LogP contribution in [-0.2, 0) is 0 Å². The lowest BCUT2D eigenvalue weighted by atomic mass is 9.87. The zero-order valence-corrected chi connectivity index (χ0v) is 26.6. The molecule has 0 heteroatoms. The average Bonchev–Trinajstić information content (AvgIpc) is 3.15. The maximum Gasteiger partial charge on any atom is -0.00264 e. The van der Waals surface area contributed by atoms with E-state index in [0.29, 0.717) is 0 Å². The van der Waals surface area contributed by atoms with Gasteiger partial charge in [-0.25, -0.2) is 0 Å². The molecule has 0 N–H and O–H groups in total. The van der Waals surface area contributed by atoms with Crippen molar-refractivity contribution in [1.29, 1.82) is 0 Å². The van der Waals surface area contributed by atoms with Gasteiger partial charge in [-0.1, -0.05) is 159 Å². The van der Waals surface area contributed by atoms with E-state index in [2.05, 4.69) is 171 Å². The summed E-state index contributed by atoms with van der Waals surface area (Å²) in [5, 5.41) is 12.5. The van der Waals surface area contributed by atoms with E-state index in [1.54, 1.807) is 0 Å². The second kappa shape index (κ2) is 11.2. The van der Waals surface area contributed by atoms with E-state index in [0.717, 1.165) is 11.1 Å². The van der Waals surface area contributed by atoms with Gasteiger partial charge in [0.25, 0.3) is 0 Å². The van der Waals surface area contributed by atoms with Crippen molar-refractivity contribution in [3.63, 3.8) is 0 Å². The van der Waals surface area contributed by atoms with E-state index in [-0.39, 0.29) is 0 Å². The van der Waals surface area contributed by atoms with Crippen LogP contribution in [0.4, 0.5) is 0 Å². The summed E-state index contributed by atoms with van der Waals surface area (Å²) in [6.07, 6.45) is 3.88. The minimum absolute atomic E-state index is 1.10. The van der Waals surface area contributed by atoms with Gasteiger partial charge in [-0.05, 0) is 123 Å².